The highest BCUT2D eigenvalue weighted by molar-refractivity contribution is 7.86. The average molecular weight is 647 g/mol. The maximum Gasteiger partial charge on any atom is 0.374 e. The lowest BCUT2D eigenvalue weighted by Crippen LogP contribution is -2.36. The summed E-state index contributed by atoms with van der Waals surface area (Å²) in [5.74, 6) is 0.630. The van der Waals surface area contributed by atoms with Crippen LogP contribution in [0.25, 0.3) is 17.2 Å². The van der Waals surface area contributed by atoms with E-state index in [-0.39, 0.29) is 25.9 Å². The Morgan fingerprint density at radius 3 is 2.27 bits per heavy atom. The predicted octanol–water partition coefficient (Wildman–Crippen LogP) is 5.73. The lowest BCUT2D eigenvalue weighted by Gasteiger charge is -2.18. The summed E-state index contributed by atoms with van der Waals surface area (Å²) < 4.78 is 77.9. The SMILES string of the molecule is CCC(=C\c1oc2cc(C)c(Cl)cc2[n+]1CCCS(=O)(=O)O)/C=C1/Oc2cc(C)c(Cl)cc2N1CCCS(=O)(=O)O. The van der Waals surface area contributed by atoms with Crippen molar-refractivity contribution < 1.29 is 39.7 Å². The van der Waals surface area contributed by atoms with Gasteiger partial charge in [-0.1, -0.05) is 30.1 Å². The molecule has 2 aromatic carbocycles. The van der Waals surface area contributed by atoms with E-state index in [2.05, 4.69) is 0 Å². The molecule has 1 aliphatic heterocycles. The molecule has 222 valence electrons. The van der Waals surface area contributed by atoms with Crippen LogP contribution < -0.4 is 14.2 Å². The van der Waals surface area contributed by atoms with Crippen LogP contribution in [0.5, 0.6) is 5.75 Å². The zero-order valence-corrected chi connectivity index (χ0v) is 25.9. The number of aryl methyl sites for hydroxylation is 3. The summed E-state index contributed by atoms with van der Waals surface area (Å²) in [6, 6.07) is 7.12. The van der Waals surface area contributed by atoms with E-state index in [9.17, 15) is 25.9 Å². The molecular weight excluding hydrogens is 615 g/mol. The Morgan fingerprint density at radius 2 is 1.61 bits per heavy atom. The summed E-state index contributed by atoms with van der Waals surface area (Å²) in [6.45, 7) is 6.13. The Hall–Kier alpha value is -2.61. The summed E-state index contributed by atoms with van der Waals surface area (Å²) in [6.07, 6.45) is 4.47. The molecule has 0 saturated heterocycles. The molecule has 2 N–H and O–H groups in total. The Bertz CT molecular complexity index is 1760. The van der Waals surface area contributed by atoms with Crippen molar-refractivity contribution in [2.45, 2.75) is 46.6 Å². The Morgan fingerprint density at radius 1 is 0.976 bits per heavy atom. The monoisotopic (exact) mass is 645 g/mol. The average Bonchev–Trinajstić information content (AvgIpc) is 3.34. The molecule has 14 heteroatoms. The molecule has 0 fully saturated rings. The molecule has 41 heavy (non-hydrogen) atoms. The normalized spacial score (nSPS) is 15.1. The van der Waals surface area contributed by atoms with Crippen LogP contribution in [0.3, 0.4) is 0 Å². The quantitative estimate of drug-likeness (QED) is 0.198. The number of ether oxygens (including phenoxy) is 1. The largest absolute Gasteiger partial charge is 0.439 e. The number of hydrogen-bond acceptors (Lipinski definition) is 7. The number of allylic oxidation sites excluding steroid dienone is 2. The molecule has 0 saturated carbocycles. The molecule has 3 aromatic rings. The van der Waals surface area contributed by atoms with Crippen LogP contribution in [-0.4, -0.2) is 44.0 Å². The van der Waals surface area contributed by atoms with Gasteiger partial charge < -0.3 is 14.1 Å². The van der Waals surface area contributed by atoms with Gasteiger partial charge in [0.25, 0.3) is 25.8 Å². The second kappa shape index (κ2) is 12.3. The van der Waals surface area contributed by atoms with E-state index in [0.29, 0.717) is 50.8 Å². The minimum Gasteiger partial charge on any atom is -0.439 e. The summed E-state index contributed by atoms with van der Waals surface area (Å²) in [5, 5.41) is 1.06. The summed E-state index contributed by atoms with van der Waals surface area (Å²) in [5.41, 5.74) is 4.34. The number of anilines is 1. The number of halogens is 2. The van der Waals surface area contributed by atoms with Crippen molar-refractivity contribution in [3.05, 3.63) is 68.9 Å². The Balaban J connectivity index is 1.75. The van der Waals surface area contributed by atoms with Gasteiger partial charge in [0, 0.05) is 30.1 Å². The third kappa shape index (κ3) is 7.82. The molecule has 1 aromatic heterocycles. The van der Waals surface area contributed by atoms with Crippen molar-refractivity contribution in [2.24, 2.45) is 0 Å². The number of fused-ring (bicyclic) bond motifs is 2. The van der Waals surface area contributed by atoms with Gasteiger partial charge in [-0.05, 0) is 61.6 Å². The van der Waals surface area contributed by atoms with E-state index in [1.165, 1.54) is 0 Å². The molecule has 1 aliphatic rings. The molecule has 4 rings (SSSR count). The predicted molar refractivity (Wildman–Crippen MR) is 159 cm³/mol. The molecule has 0 spiro atoms. The van der Waals surface area contributed by atoms with Crippen LogP contribution in [0, 0.1) is 13.8 Å². The van der Waals surface area contributed by atoms with Crippen LogP contribution in [0.15, 0.2) is 46.2 Å². The number of nitrogens with zero attached hydrogens (tertiary/aromatic N) is 2. The Labute approximate surface area is 249 Å². The third-order valence-corrected chi connectivity index (χ3v) is 9.04. The number of hydrogen-bond donors (Lipinski definition) is 2. The van der Waals surface area contributed by atoms with Crippen LogP contribution in [0.4, 0.5) is 5.69 Å². The summed E-state index contributed by atoms with van der Waals surface area (Å²) in [4.78, 5) is 1.80. The van der Waals surface area contributed by atoms with E-state index in [1.807, 2.05) is 32.9 Å². The first-order valence-electron chi connectivity index (χ1n) is 12.9. The first kappa shape index (κ1) is 31.3. The standard InChI is InChI=1S/C27H30Cl2N2O8S2/c1-4-19(13-26-30(7-5-9-40(32,33)34)22-15-20(28)17(2)11-24(22)38-26)14-27-31(8-6-10-41(35,36)37)23-16-21(29)18(3)12-25(23)39-27/h11-16H,4-10H2,1-3H3,(H-,32,33,34,35,36,37)/p+1. The number of benzene rings is 2. The topological polar surface area (TPSA) is 138 Å². The molecule has 0 aliphatic carbocycles. The van der Waals surface area contributed by atoms with Crippen molar-refractivity contribution in [3.8, 4) is 5.75 Å². The van der Waals surface area contributed by atoms with Gasteiger partial charge in [0.15, 0.2) is 12.3 Å². The molecule has 10 nitrogen and oxygen atoms in total. The van der Waals surface area contributed by atoms with Crippen LogP contribution in [0.2, 0.25) is 10.0 Å². The minimum absolute atomic E-state index is 0.146. The second-order valence-electron chi connectivity index (χ2n) is 9.82. The van der Waals surface area contributed by atoms with Crippen molar-refractivity contribution in [2.75, 3.05) is 23.0 Å². The van der Waals surface area contributed by atoms with Gasteiger partial charge in [-0.2, -0.15) is 21.4 Å². The fraction of sp³-hybridized carbons (Fsp3) is 0.370. The molecule has 0 atom stereocenters. The summed E-state index contributed by atoms with van der Waals surface area (Å²) >= 11 is 12.7. The maximum atomic E-state index is 11.3. The van der Waals surface area contributed by atoms with Crippen molar-refractivity contribution in [1.29, 1.82) is 0 Å². The second-order valence-corrected chi connectivity index (χ2v) is 13.8. The maximum absolute atomic E-state index is 11.3. The molecule has 0 radical (unpaired) electrons. The van der Waals surface area contributed by atoms with E-state index in [1.54, 1.807) is 33.7 Å². The number of aromatic nitrogens is 1. The van der Waals surface area contributed by atoms with Crippen LogP contribution in [0.1, 0.15) is 43.2 Å². The van der Waals surface area contributed by atoms with E-state index < -0.39 is 31.7 Å². The van der Waals surface area contributed by atoms with Crippen molar-refractivity contribution in [1.82, 2.24) is 0 Å². The molecule has 0 bridgehead atoms. The van der Waals surface area contributed by atoms with Gasteiger partial charge in [0.1, 0.15) is 0 Å². The number of rotatable bonds is 11. The van der Waals surface area contributed by atoms with Crippen molar-refractivity contribution >= 4 is 66.3 Å². The van der Waals surface area contributed by atoms with Gasteiger partial charge >= 0.3 is 5.89 Å². The van der Waals surface area contributed by atoms with Gasteiger partial charge in [0.2, 0.25) is 11.5 Å². The lowest BCUT2D eigenvalue weighted by atomic mass is 10.1. The summed E-state index contributed by atoms with van der Waals surface area (Å²) in [7, 11) is -8.27. The first-order chi connectivity index (χ1) is 19.1. The van der Waals surface area contributed by atoms with Gasteiger partial charge in [0.05, 0.1) is 28.3 Å². The van der Waals surface area contributed by atoms with Gasteiger partial charge in [-0.3, -0.25) is 9.11 Å². The first-order valence-corrected chi connectivity index (χ1v) is 16.8. The number of oxazole rings is 1. The molecule has 0 amide bonds. The van der Waals surface area contributed by atoms with Gasteiger partial charge in [-0.25, -0.2) is 0 Å². The highest BCUT2D eigenvalue weighted by atomic mass is 35.5. The van der Waals surface area contributed by atoms with Gasteiger partial charge in [-0.15, -0.1) is 0 Å². The fourth-order valence-corrected chi connectivity index (χ4v) is 5.80. The van der Waals surface area contributed by atoms with Crippen LogP contribution in [-0.2, 0) is 26.8 Å². The Kier molecular flexibility index (Phi) is 9.42. The van der Waals surface area contributed by atoms with Crippen molar-refractivity contribution in [3.63, 3.8) is 0 Å². The van der Waals surface area contributed by atoms with E-state index in [0.717, 1.165) is 16.7 Å². The molecule has 0 unspecified atom stereocenters. The molecular formula is C27H31Cl2N2O8S2+. The molecule has 2 heterocycles. The highest BCUT2D eigenvalue weighted by Gasteiger charge is 2.29. The smallest absolute Gasteiger partial charge is 0.374 e. The fourth-order valence-electron chi connectivity index (χ4n) is 4.50. The lowest BCUT2D eigenvalue weighted by molar-refractivity contribution is -0.677. The zero-order valence-electron chi connectivity index (χ0n) is 22.7. The third-order valence-electron chi connectivity index (χ3n) is 6.62. The van der Waals surface area contributed by atoms with E-state index >= 15 is 0 Å². The van der Waals surface area contributed by atoms with E-state index in [4.69, 9.17) is 32.4 Å². The minimum atomic E-state index is -4.14. The van der Waals surface area contributed by atoms with Crippen LogP contribution >= 0.6 is 23.2 Å². The highest BCUT2D eigenvalue weighted by Crippen LogP contribution is 2.42. The zero-order chi connectivity index (χ0) is 30.1.